The molecule has 1 fully saturated rings. The van der Waals surface area contributed by atoms with E-state index in [1.807, 2.05) is 12.1 Å². The second-order valence-corrected chi connectivity index (χ2v) is 11.1. The summed E-state index contributed by atoms with van der Waals surface area (Å²) in [6.45, 7) is 7.20. The number of carbonyl (C=O) groups excluding carboxylic acids is 1. The van der Waals surface area contributed by atoms with E-state index in [-0.39, 0.29) is 5.91 Å². The molecule has 3 rings (SSSR count). The topological polar surface area (TPSA) is 69.7 Å². The second kappa shape index (κ2) is 11.4. The Labute approximate surface area is 203 Å². The first-order valence-corrected chi connectivity index (χ1v) is 13.7. The van der Waals surface area contributed by atoms with Gasteiger partial charge in [0.15, 0.2) is 0 Å². The lowest BCUT2D eigenvalue weighted by molar-refractivity contribution is -0.122. The Hall–Kier alpha value is -2.09. The molecule has 0 bridgehead atoms. The summed E-state index contributed by atoms with van der Waals surface area (Å²) >= 11 is 6.13. The predicted molar refractivity (Wildman–Crippen MR) is 135 cm³/mol. The molecule has 0 aromatic heterocycles. The highest BCUT2D eigenvalue weighted by Crippen LogP contribution is 2.29. The van der Waals surface area contributed by atoms with Crippen LogP contribution in [-0.2, 0) is 27.9 Å². The zero-order chi connectivity index (χ0) is 24.0. The van der Waals surface area contributed by atoms with Gasteiger partial charge < -0.3 is 5.32 Å². The number of carbonyl (C=O) groups is 1. The van der Waals surface area contributed by atoms with Crippen LogP contribution in [-0.4, -0.2) is 44.6 Å². The van der Waals surface area contributed by atoms with Crippen molar-refractivity contribution in [3.8, 4) is 0 Å². The Balaban J connectivity index is 1.68. The number of amides is 1. The zero-order valence-electron chi connectivity index (χ0n) is 19.7. The van der Waals surface area contributed by atoms with E-state index < -0.39 is 16.1 Å². The van der Waals surface area contributed by atoms with Gasteiger partial charge in [-0.05, 0) is 68.1 Å². The Kier molecular flexibility index (Phi) is 8.79. The molecule has 1 aliphatic heterocycles. The highest BCUT2D eigenvalue weighted by atomic mass is 35.5. The Bertz CT molecular complexity index is 1050. The number of halogens is 1. The van der Waals surface area contributed by atoms with E-state index in [4.69, 9.17) is 11.6 Å². The van der Waals surface area contributed by atoms with Crippen LogP contribution in [0.5, 0.6) is 0 Å². The monoisotopic (exact) mass is 491 g/mol. The molecule has 0 aliphatic carbocycles. The van der Waals surface area contributed by atoms with Crippen molar-refractivity contribution in [3.05, 3.63) is 64.2 Å². The molecule has 1 N–H and O–H groups in total. The summed E-state index contributed by atoms with van der Waals surface area (Å²) in [5.74, 6) is -0.334. The van der Waals surface area contributed by atoms with Gasteiger partial charge in [-0.15, -0.1) is 0 Å². The van der Waals surface area contributed by atoms with Crippen LogP contribution in [0.2, 0.25) is 5.02 Å². The van der Waals surface area contributed by atoms with Crippen LogP contribution < -0.4 is 9.62 Å². The van der Waals surface area contributed by atoms with E-state index in [1.165, 1.54) is 29.1 Å². The molecule has 1 unspecified atom stereocenters. The largest absolute Gasteiger partial charge is 0.350 e. The number of rotatable bonds is 9. The molecular weight excluding hydrogens is 458 g/mol. The van der Waals surface area contributed by atoms with E-state index in [0.717, 1.165) is 37.0 Å². The minimum Gasteiger partial charge on any atom is -0.350 e. The molecule has 2 aromatic carbocycles. The van der Waals surface area contributed by atoms with E-state index in [9.17, 15) is 13.2 Å². The molecule has 1 saturated heterocycles. The van der Waals surface area contributed by atoms with Crippen LogP contribution in [0.25, 0.3) is 0 Å². The molecule has 180 valence electrons. The van der Waals surface area contributed by atoms with E-state index >= 15 is 0 Å². The number of anilines is 1. The summed E-state index contributed by atoms with van der Waals surface area (Å²) in [5.41, 5.74) is 3.40. The number of nitrogens with one attached hydrogen (secondary N) is 1. The summed E-state index contributed by atoms with van der Waals surface area (Å²) in [7, 11) is -3.71. The first-order valence-electron chi connectivity index (χ1n) is 11.5. The van der Waals surface area contributed by atoms with E-state index in [0.29, 0.717) is 23.7 Å². The lowest BCUT2D eigenvalue weighted by Gasteiger charge is -2.31. The molecule has 2 aromatic rings. The van der Waals surface area contributed by atoms with Gasteiger partial charge in [0.05, 0.1) is 11.9 Å². The quantitative estimate of drug-likeness (QED) is 0.561. The fourth-order valence-electron chi connectivity index (χ4n) is 4.30. The van der Waals surface area contributed by atoms with Crippen molar-refractivity contribution < 1.29 is 13.2 Å². The third kappa shape index (κ3) is 6.95. The SMILES string of the molecule is CCC(C(=O)NCc1ccc(CN2CCCCC2)cc1)N(c1cc(Cl)ccc1C)S(C)(=O)=O. The van der Waals surface area contributed by atoms with Crippen LogP contribution in [0.1, 0.15) is 49.3 Å². The fraction of sp³-hybridized carbons (Fsp3) is 0.480. The van der Waals surface area contributed by atoms with Crippen LogP contribution in [0.15, 0.2) is 42.5 Å². The van der Waals surface area contributed by atoms with E-state index in [1.54, 1.807) is 32.0 Å². The van der Waals surface area contributed by atoms with Gasteiger partial charge in [-0.2, -0.15) is 0 Å². The van der Waals surface area contributed by atoms with Gasteiger partial charge in [0.2, 0.25) is 15.9 Å². The first kappa shape index (κ1) is 25.5. The molecule has 33 heavy (non-hydrogen) atoms. The molecular formula is C25H34ClN3O3S. The minimum absolute atomic E-state index is 0.333. The summed E-state index contributed by atoms with van der Waals surface area (Å²) in [5, 5.41) is 3.34. The van der Waals surface area contributed by atoms with Crippen molar-refractivity contribution in [1.82, 2.24) is 10.2 Å². The van der Waals surface area contributed by atoms with Crippen molar-refractivity contribution in [2.24, 2.45) is 0 Å². The third-order valence-corrected chi connectivity index (χ3v) is 7.48. The summed E-state index contributed by atoms with van der Waals surface area (Å²) in [6.07, 6.45) is 5.30. The lowest BCUT2D eigenvalue weighted by atomic mass is 10.1. The second-order valence-electron chi connectivity index (χ2n) is 8.78. The van der Waals surface area contributed by atoms with E-state index in [2.05, 4.69) is 22.3 Å². The Morgan fingerprint density at radius 2 is 1.73 bits per heavy atom. The number of aryl methyl sites for hydroxylation is 1. The van der Waals surface area contributed by atoms with Crippen molar-refractivity contribution >= 4 is 33.2 Å². The molecule has 6 nitrogen and oxygen atoms in total. The number of likely N-dealkylation sites (tertiary alicyclic amines) is 1. The van der Waals surface area contributed by atoms with Gasteiger partial charge in [-0.3, -0.25) is 14.0 Å². The molecule has 1 heterocycles. The molecule has 0 saturated carbocycles. The first-order chi connectivity index (χ1) is 15.7. The summed E-state index contributed by atoms with van der Waals surface area (Å²) < 4.78 is 26.5. The van der Waals surface area contributed by atoms with Gasteiger partial charge in [-0.1, -0.05) is 55.3 Å². The summed E-state index contributed by atoms with van der Waals surface area (Å²) in [6, 6.07) is 12.4. The van der Waals surface area contributed by atoms with Crippen molar-refractivity contribution in [2.75, 3.05) is 23.7 Å². The maximum absolute atomic E-state index is 13.1. The molecule has 1 atom stereocenters. The maximum Gasteiger partial charge on any atom is 0.244 e. The van der Waals surface area contributed by atoms with Crippen LogP contribution in [0.3, 0.4) is 0 Å². The number of benzene rings is 2. The minimum atomic E-state index is -3.71. The van der Waals surface area contributed by atoms with Gasteiger partial charge in [0, 0.05) is 18.1 Å². The fourth-order valence-corrected chi connectivity index (χ4v) is 5.73. The van der Waals surface area contributed by atoms with Crippen molar-refractivity contribution in [3.63, 3.8) is 0 Å². The molecule has 0 radical (unpaired) electrons. The van der Waals surface area contributed by atoms with Crippen molar-refractivity contribution in [2.45, 2.75) is 58.7 Å². The van der Waals surface area contributed by atoms with Gasteiger partial charge in [0.1, 0.15) is 6.04 Å². The molecule has 1 aliphatic rings. The summed E-state index contributed by atoms with van der Waals surface area (Å²) in [4.78, 5) is 15.6. The number of piperidine rings is 1. The average molecular weight is 492 g/mol. The van der Waals surface area contributed by atoms with Gasteiger partial charge in [0.25, 0.3) is 0 Å². The number of sulfonamides is 1. The van der Waals surface area contributed by atoms with Gasteiger partial charge >= 0.3 is 0 Å². The Morgan fingerprint density at radius 3 is 2.33 bits per heavy atom. The molecule has 1 amide bonds. The maximum atomic E-state index is 13.1. The number of hydrogen-bond acceptors (Lipinski definition) is 4. The predicted octanol–water partition coefficient (Wildman–Crippen LogP) is 4.50. The normalized spacial score (nSPS) is 15.8. The molecule has 0 spiro atoms. The van der Waals surface area contributed by atoms with Crippen molar-refractivity contribution in [1.29, 1.82) is 0 Å². The lowest BCUT2D eigenvalue weighted by Crippen LogP contribution is -2.49. The van der Waals surface area contributed by atoms with Gasteiger partial charge in [-0.25, -0.2) is 8.42 Å². The highest BCUT2D eigenvalue weighted by Gasteiger charge is 2.32. The smallest absolute Gasteiger partial charge is 0.244 e. The average Bonchev–Trinajstić information content (AvgIpc) is 2.78. The van der Waals surface area contributed by atoms with Crippen LogP contribution in [0.4, 0.5) is 5.69 Å². The number of hydrogen-bond donors (Lipinski definition) is 1. The third-order valence-electron chi connectivity index (χ3n) is 6.08. The number of nitrogens with zero attached hydrogens (tertiary/aromatic N) is 2. The standard InChI is InChI=1S/C25H34ClN3O3S/c1-4-23(29(33(3,31)32)24-16-22(26)13-8-19(24)2)25(30)27-17-20-9-11-21(12-10-20)18-28-14-6-5-7-15-28/h8-13,16,23H,4-7,14-15,17-18H2,1-3H3,(H,27,30). The highest BCUT2D eigenvalue weighted by molar-refractivity contribution is 7.92. The zero-order valence-corrected chi connectivity index (χ0v) is 21.3. The van der Waals surface area contributed by atoms with Crippen LogP contribution in [0, 0.1) is 6.92 Å². The van der Waals surface area contributed by atoms with Crippen LogP contribution >= 0.6 is 11.6 Å². The molecule has 8 heteroatoms. The Morgan fingerprint density at radius 1 is 1.09 bits per heavy atom.